The van der Waals surface area contributed by atoms with E-state index in [2.05, 4.69) is 4.98 Å². The van der Waals surface area contributed by atoms with Crippen molar-refractivity contribution in [3.63, 3.8) is 0 Å². The van der Waals surface area contributed by atoms with Gasteiger partial charge >= 0.3 is 6.18 Å². The highest BCUT2D eigenvalue weighted by Crippen LogP contribution is 2.32. The summed E-state index contributed by atoms with van der Waals surface area (Å²) in [5.41, 5.74) is -0.957. The van der Waals surface area contributed by atoms with Gasteiger partial charge in [0.1, 0.15) is 5.69 Å². The second kappa shape index (κ2) is 2.94. The fraction of sp³-hybridized carbons (Fsp3) is 0.286. The number of alkyl halides is 3. The minimum Gasteiger partial charge on any atom is -0.251 e. The summed E-state index contributed by atoms with van der Waals surface area (Å²) in [4.78, 5) is 3.20. The predicted molar refractivity (Wildman–Crippen MR) is 39.0 cm³/mol. The average molecular weight is 196 g/mol. The van der Waals surface area contributed by atoms with Crippen molar-refractivity contribution in [2.45, 2.75) is 13.1 Å². The number of nitrogens with zero attached hydrogens (tertiary/aromatic N) is 1. The number of pyridine rings is 1. The molecule has 0 aliphatic rings. The highest BCUT2D eigenvalue weighted by Gasteiger charge is 2.34. The summed E-state index contributed by atoms with van der Waals surface area (Å²) in [6.07, 6.45) is -3.38. The van der Waals surface area contributed by atoms with Crippen LogP contribution in [0.1, 0.15) is 11.3 Å². The topological polar surface area (TPSA) is 12.9 Å². The van der Waals surface area contributed by atoms with Crippen LogP contribution >= 0.6 is 11.6 Å². The van der Waals surface area contributed by atoms with E-state index in [1.165, 1.54) is 13.0 Å². The molecular weight excluding hydrogens is 191 g/mol. The van der Waals surface area contributed by atoms with Crippen molar-refractivity contribution < 1.29 is 13.2 Å². The van der Waals surface area contributed by atoms with Crippen LogP contribution in [0, 0.1) is 6.92 Å². The van der Waals surface area contributed by atoms with Crippen LogP contribution in [0.15, 0.2) is 12.3 Å². The van der Waals surface area contributed by atoms with E-state index in [1.54, 1.807) is 0 Å². The molecule has 0 amide bonds. The first-order chi connectivity index (χ1) is 5.43. The molecule has 66 valence electrons. The normalized spacial score (nSPS) is 11.8. The first-order valence-electron chi connectivity index (χ1n) is 3.11. The fourth-order valence-corrected chi connectivity index (χ4v) is 0.944. The molecule has 0 saturated carbocycles. The Labute approximate surface area is 72.2 Å². The molecule has 5 heteroatoms. The molecule has 0 unspecified atom stereocenters. The Hall–Kier alpha value is -0.770. The van der Waals surface area contributed by atoms with Crippen molar-refractivity contribution in [2.24, 2.45) is 0 Å². The molecule has 0 aliphatic carbocycles. The summed E-state index contributed by atoms with van der Waals surface area (Å²) in [7, 11) is 0. The van der Waals surface area contributed by atoms with E-state index in [-0.39, 0.29) is 10.6 Å². The van der Waals surface area contributed by atoms with Gasteiger partial charge < -0.3 is 0 Å². The lowest BCUT2D eigenvalue weighted by atomic mass is 10.2. The third-order valence-corrected chi connectivity index (χ3v) is 1.82. The summed E-state index contributed by atoms with van der Waals surface area (Å²) >= 11 is 5.48. The first kappa shape index (κ1) is 9.32. The average Bonchev–Trinajstić information content (AvgIpc) is 1.92. The molecule has 0 atom stereocenters. The van der Waals surface area contributed by atoms with E-state index in [0.717, 1.165) is 6.20 Å². The molecule has 1 nitrogen and oxygen atoms in total. The van der Waals surface area contributed by atoms with Gasteiger partial charge in [0.2, 0.25) is 0 Å². The highest BCUT2D eigenvalue weighted by molar-refractivity contribution is 6.31. The number of hydrogen-bond donors (Lipinski definition) is 0. The van der Waals surface area contributed by atoms with Crippen LogP contribution in [0.4, 0.5) is 13.2 Å². The van der Waals surface area contributed by atoms with E-state index < -0.39 is 11.9 Å². The molecule has 12 heavy (non-hydrogen) atoms. The number of rotatable bonds is 0. The third kappa shape index (κ3) is 1.69. The van der Waals surface area contributed by atoms with E-state index in [0.29, 0.717) is 0 Å². The van der Waals surface area contributed by atoms with Crippen LogP contribution in [0.3, 0.4) is 0 Å². The maximum Gasteiger partial charge on any atom is 0.433 e. The van der Waals surface area contributed by atoms with Gasteiger partial charge in [0.25, 0.3) is 0 Å². The van der Waals surface area contributed by atoms with Gasteiger partial charge in [-0.15, -0.1) is 0 Å². The summed E-state index contributed by atoms with van der Waals surface area (Å²) in [5, 5.41) is 0.0809. The SMILES string of the molecule is Cc1c(Cl)ccnc1C(F)(F)F. The van der Waals surface area contributed by atoms with Crippen LogP contribution in [0.2, 0.25) is 5.02 Å². The van der Waals surface area contributed by atoms with Gasteiger partial charge in [0.15, 0.2) is 0 Å². The van der Waals surface area contributed by atoms with E-state index in [1.807, 2.05) is 0 Å². The summed E-state index contributed by atoms with van der Waals surface area (Å²) in [6, 6.07) is 1.33. The zero-order chi connectivity index (χ0) is 9.35. The molecule has 0 radical (unpaired) electrons. The Bertz CT molecular complexity index is 295. The van der Waals surface area contributed by atoms with Gasteiger partial charge in [-0.2, -0.15) is 13.2 Å². The van der Waals surface area contributed by atoms with Crippen LogP contribution in [0.25, 0.3) is 0 Å². The van der Waals surface area contributed by atoms with E-state index in [4.69, 9.17) is 11.6 Å². The van der Waals surface area contributed by atoms with E-state index in [9.17, 15) is 13.2 Å². The minimum absolute atomic E-state index is 0.0355. The molecule has 1 rings (SSSR count). The molecule has 0 N–H and O–H groups in total. The van der Waals surface area contributed by atoms with Crippen molar-refractivity contribution in [1.82, 2.24) is 4.98 Å². The van der Waals surface area contributed by atoms with Crippen molar-refractivity contribution in [2.75, 3.05) is 0 Å². The largest absolute Gasteiger partial charge is 0.433 e. The monoisotopic (exact) mass is 195 g/mol. The Kier molecular flexibility index (Phi) is 2.28. The van der Waals surface area contributed by atoms with Crippen molar-refractivity contribution >= 4 is 11.6 Å². The summed E-state index contributed by atoms with van der Waals surface area (Å²) < 4.78 is 36.3. The van der Waals surface area contributed by atoms with Gasteiger partial charge in [-0.25, -0.2) is 0 Å². The maximum absolute atomic E-state index is 12.1. The Balaban J connectivity index is 3.26. The van der Waals surface area contributed by atoms with Crippen molar-refractivity contribution in [3.8, 4) is 0 Å². The molecule has 1 aromatic heterocycles. The number of halogens is 4. The second-order valence-corrected chi connectivity index (χ2v) is 2.67. The van der Waals surface area contributed by atoms with Gasteiger partial charge in [-0.1, -0.05) is 11.6 Å². The smallest absolute Gasteiger partial charge is 0.251 e. The molecule has 1 aromatic rings. The van der Waals surface area contributed by atoms with Gasteiger partial charge in [0, 0.05) is 11.2 Å². The van der Waals surface area contributed by atoms with Gasteiger partial charge in [-0.3, -0.25) is 4.98 Å². The Morgan fingerprint density at radius 3 is 2.42 bits per heavy atom. The molecule has 0 aliphatic heterocycles. The molecule has 0 spiro atoms. The standard InChI is InChI=1S/C7H5ClF3N/c1-4-5(8)2-3-12-6(4)7(9,10)11/h2-3H,1H3. The van der Waals surface area contributed by atoms with Crippen molar-refractivity contribution in [3.05, 3.63) is 28.5 Å². The molecule has 0 fully saturated rings. The zero-order valence-corrected chi connectivity index (χ0v) is 6.87. The molecule has 0 saturated heterocycles. The lowest BCUT2D eigenvalue weighted by Gasteiger charge is -2.08. The maximum atomic E-state index is 12.1. The van der Waals surface area contributed by atoms with Gasteiger partial charge in [0.05, 0.1) is 0 Å². The fourth-order valence-electron chi connectivity index (χ4n) is 0.798. The minimum atomic E-state index is -4.42. The summed E-state index contributed by atoms with van der Waals surface area (Å²) in [6.45, 7) is 1.29. The quantitative estimate of drug-likeness (QED) is 0.620. The highest BCUT2D eigenvalue weighted by atomic mass is 35.5. The first-order valence-corrected chi connectivity index (χ1v) is 3.49. The lowest BCUT2D eigenvalue weighted by molar-refractivity contribution is -0.141. The molecule has 1 heterocycles. The number of hydrogen-bond acceptors (Lipinski definition) is 1. The predicted octanol–water partition coefficient (Wildman–Crippen LogP) is 3.06. The lowest BCUT2D eigenvalue weighted by Crippen LogP contribution is -2.10. The number of aromatic nitrogens is 1. The third-order valence-electron chi connectivity index (χ3n) is 1.41. The van der Waals surface area contributed by atoms with E-state index >= 15 is 0 Å². The van der Waals surface area contributed by atoms with Crippen LogP contribution in [-0.2, 0) is 6.18 Å². The van der Waals surface area contributed by atoms with Crippen molar-refractivity contribution in [1.29, 1.82) is 0 Å². The van der Waals surface area contributed by atoms with Crippen LogP contribution in [-0.4, -0.2) is 4.98 Å². The second-order valence-electron chi connectivity index (χ2n) is 2.26. The Morgan fingerprint density at radius 1 is 1.42 bits per heavy atom. The molecule has 0 aromatic carbocycles. The molecule has 0 bridgehead atoms. The summed E-state index contributed by atoms with van der Waals surface area (Å²) in [5.74, 6) is 0. The van der Waals surface area contributed by atoms with Gasteiger partial charge in [-0.05, 0) is 18.6 Å². The Morgan fingerprint density at radius 2 is 2.00 bits per heavy atom. The zero-order valence-electron chi connectivity index (χ0n) is 6.11. The van der Waals surface area contributed by atoms with Crippen LogP contribution < -0.4 is 0 Å². The van der Waals surface area contributed by atoms with Crippen LogP contribution in [0.5, 0.6) is 0 Å². The molecular formula is C7H5ClF3N.